The van der Waals surface area contributed by atoms with Crippen LogP contribution in [0.25, 0.3) is 0 Å². The van der Waals surface area contributed by atoms with Gasteiger partial charge in [0, 0.05) is 44.0 Å². The molecule has 2 heterocycles. The second-order valence-electron chi connectivity index (χ2n) is 7.20. The van der Waals surface area contributed by atoms with Crippen molar-refractivity contribution in [2.45, 2.75) is 24.7 Å². The molecule has 27 heavy (non-hydrogen) atoms. The maximum Gasteiger partial charge on any atom is 0.225 e. The SMILES string of the molecule is I.NC(=NCC1(c2ccccc2)CCC1)N1CCN(c2ncccn2)CC1. The molecule has 1 aliphatic heterocycles. The number of benzene rings is 1. The molecular formula is C20H27IN6. The Labute approximate surface area is 177 Å². The number of nitrogens with zero attached hydrogens (tertiary/aromatic N) is 5. The zero-order valence-electron chi connectivity index (χ0n) is 15.5. The van der Waals surface area contributed by atoms with Gasteiger partial charge < -0.3 is 15.5 Å². The van der Waals surface area contributed by atoms with Gasteiger partial charge in [-0.3, -0.25) is 4.99 Å². The van der Waals surface area contributed by atoms with Crippen LogP contribution in [0.5, 0.6) is 0 Å². The summed E-state index contributed by atoms with van der Waals surface area (Å²) in [5, 5.41) is 0. The largest absolute Gasteiger partial charge is 0.370 e. The molecule has 2 aliphatic rings. The Bertz CT molecular complexity index is 740. The van der Waals surface area contributed by atoms with Crippen LogP contribution in [0, 0.1) is 0 Å². The Morgan fingerprint density at radius 1 is 1.00 bits per heavy atom. The molecule has 0 bridgehead atoms. The molecule has 1 aliphatic carbocycles. The highest BCUT2D eigenvalue weighted by molar-refractivity contribution is 14.0. The van der Waals surface area contributed by atoms with Crippen molar-refractivity contribution in [3.63, 3.8) is 0 Å². The number of aliphatic imine (C=N–C) groups is 1. The predicted octanol–water partition coefficient (Wildman–Crippen LogP) is 2.65. The normalized spacial score (nSPS) is 19.2. The molecule has 0 radical (unpaired) electrons. The predicted molar refractivity (Wildman–Crippen MR) is 120 cm³/mol. The highest BCUT2D eigenvalue weighted by Crippen LogP contribution is 2.43. The molecule has 1 aromatic carbocycles. The minimum absolute atomic E-state index is 0. The second-order valence-corrected chi connectivity index (χ2v) is 7.20. The fourth-order valence-corrected chi connectivity index (χ4v) is 3.86. The van der Waals surface area contributed by atoms with E-state index in [1.54, 1.807) is 12.4 Å². The Morgan fingerprint density at radius 3 is 2.26 bits per heavy atom. The van der Waals surface area contributed by atoms with Crippen molar-refractivity contribution in [2.75, 3.05) is 37.6 Å². The number of guanidine groups is 1. The van der Waals surface area contributed by atoms with Crippen molar-refractivity contribution in [1.82, 2.24) is 14.9 Å². The third-order valence-electron chi connectivity index (χ3n) is 5.68. The van der Waals surface area contributed by atoms with E-state index in [1.807, 2.05) is 6.07 Å². The molecule has 4 rings (SSSR count). The quantitative estimate of drug-likeness (QED) is 0.416. The number of piperazine rings is 1. The number of nitrogens with two attached hydrogens (primary N) is 1. The summed E-state index contributed by atoms with van der Waals surface area (Å²) >= 11 is 0. The summed E-state index contributed by atoms with van der Waals surface area (Å²) in [4.78, 5) is 17.8. The van der Waals surface area contributed by atoms with Gasteiger partial charge in [0.1, 0.15) is 0 Å². The van der Waals surface area contributed by atoms with Crippen LogP contribution in [-0.2, 0) is 5.41 Å². The number of halogens is 1. The maximum absolute atomic E-state index is 6.32. The molecule has 2 fully saturated rings. The van der Waals surface area contributed by atoms with Crippen LogP contribution in [0.4, 0.5) is 5.95 Å². The minimum Gasteiger partial charge on any atom is -0.370 e. The van der Waals surface area contributed by atoms with Crippen molar-refractivity contribution in [2.24, 2.45) is 10.7 Å². The number of aromatic nitrogens is 2. The number of anilines is 1. The lowest BCUT2D eigenvalue weighted by Crippen LogP contribution is -2.52. The topological polar surface area (TPSA) is 70.6 Å². The van der Waals surface area contributed by atoms with Crippen molar-refractivity contribution < 1.29 is 0 Å². The van der Waals surface area contributed by atoms with Gasteiger partial charge in [-0.05, 0) is 24.5 Å². The molecule has 0 amide bonds. The highest BCUT2D eigenvalue weighted by atomic mass is 127. The van der Waals surface area contributed by atoms with E-state index in [4.69, 9.17) is 10.7 Å². The zero-order chi connectivity index (χ0) is 17.8. The van der Waals surface area contributed by atoms with Crippen molar-refractivity contribution in [1.29, 1.82) is 0 Å². The first-order chi connectivity index (χ1) is 12.8. The first kappa shape index (κ1) is 19.9. The lowest BCUT2D eigenvalue weighted by Gasteiger charge is -2.42. The summed E-state index contributed by atoms with van der Waals surface area (Å²) in [7, 11) is 0. The van der Waals surface area contributed by atoms with Crippen LogP contribution in [0.3, 0.4) is 0 Å². The van der Waals surface area contributed by atoms with E-state index in [-0.39, 0.29) is 29.4 Å². The van der Waals surface area contributed by atoms with E-state index in [2.05, 4.69) is 50.1 Å². The second kappa shape index (κ2) is 8.86. The van der Waals surface area contributed by atoms with Crippen molar-refractivity contribution >= 4 is 35.9 Å². The van der Waals surface area contributed by atoms with Crippen LogP contribution in [0.15, 0.2) is 53.8 Å². The van der Waals surface area contributed by atoms with Gasteiger partial charge >= 0.3 is 0 Å². The molecule has 144 valence electrons. The summed E-state index contributed by atoms with van der Waals surface area (Å²) in [6.07, 6.45) is 7.25. The van der Waals surface area contributed by atoms with Gasteiger partial charge in [0.2, 0.25) is 5.95 Å². The van der Waals surface area contributed by atoms with Gasteiger partial charge in [0.25, 0.3) is 0 Å². The first-order valence-corrected chi connectivity index (χ1v) is 9.39. The van der Waals surface area contributed by atoms with Gasteiger partial charge in [0.15, 0.2) is 5.96 Å². The molecular weight excluding hydrogens is 451 g/mol. The third-order valence-corrected chi connectivity index (χ3v) is 5.68. The molecule has 0 spiro atoms. The van der Waals surface area contributed by atoms with E-state index < -0.39 is 0 Å². The average molecular weight is 478 g/mol. The van der Waals surface area contributed by atoms with Crippen molar-refractivity contribution in [3.05, 3.63) is 54.4 Å². The standard InChI is InChI=1S/C20H26N6.HI/c21-18(24-16-20(8-4-9-20)17-6-2-1-3-7-17)25-12-14-26(15-13-25)19-22-10-5-11-23-19;/h1-3,5-7,10-11H,4,8-9,12-16H2,(H2,21,24);1H. The van der Waals surface area contributed by atoms with E-state index in [0.717, 1.165) is 38.7 Å². The van der Waals surface area contributed by atoms with Crippen LogP contribution in [-0.4, -0.2) is 53.6 Å². The molecule has 0 unspecified atom stereocenters. The van der Waals surface area contributed by atoms with Crippen LogP contribution >= 0.6 is 24.0 Å². The van der Waals surface area contributed by atoms with Gasteiger partial charge in [-0.15, -0.1) is 24.0 Å². The summed E-state index contributed by atoms with van der Waals surface area (Å²) in [5.41, 5.74) is 7.91. The molecule has 2 N–H and O–H groups in total. The van der Waals surface area contributed by atoms with Crippen LogP contribution in [0.1, 0.15) is 24.8 Å². The Morgan fingerprint density at radius 2 is 1.67 bits per heavy atom. The fraction of sp³-hybridized carbons (Fsp3) is 0.450. The van der Waals surface area contributed by atoms with Gasteiger partial charge in [-0.1, -0.05) is 36.8 Å². The number of hydrogen-bond acceptors (Lipinski definition) is 4. The summed E-state index contributed by atoms with van der Waals surface area (Å²) in [5.74, 6) is 1.46. The van der Waals surface area contributed by atoms with E-state index >= 15 is 0 Å². The lowest BCUT2D eigenvalue weighted by atomic mass is 9.64. The first-order valence-electron chi connectivity index (χ1n) is 9.39. The average Bonchev–Trinajstić information content (AvgIpc) is 2.69. The minimum atomic E-state index is 0. The molecule has 1 saturated heterocycles. The Balaban J connectivity index is 0.00000210. The molecule has 6 nitrogen and oxygen atoms in total. The van der Waals surface area contributed by atoms with Crippen LogP contribution in [0.2, 0.25) is 0 Å². The maximum atomic E-state index is 6.32. The lowest BCUT2D eigenvalue weighted by molar-refractivity contribution is 0.252. The number of rotatable bonds is 4. The van der Waals surface area contributed by atoms with Gasteiger partial charge in [0.05, 0.1) is 6.54 Å². The van der Waals surface area contributed by atoms with Gasteiger partial charge in [-0.25, -0.2) is 9.97 Å². The summed E-state index contributed by atoms with van der Waals surface area (Å²) < 4.78 is 0. The molecule has 7 heteroatoms. The Hall–Kier alpha value is -1.90. The fourth-order valence-electron chi connectivity index (χ4n) is 3.86. The summed E-state index contributed by atoms with van der Waals surface area (Å²) in [6.45, 7) is 4.22. The number of hydrogen-bond donors (Lipinski definition) is 1. The van der Waals surface area contributed by atoms with Crippen LogP contribution < -0.4 is 10.6 Å². The van der Waals surface area contributed by atoms with E-state index in [9.17, 15) is 0 Å². The van der Waals surface area contributed by atoms with E-state index in [1.165, 1.54) is 24.8 Å². The smallest absolute Gasteiger partial charge is 0.225 e. The molecule has 0 atom stereocenters. The summed E-state index contributed by atoms with van der Waals surface area (Å²) in [6, 6.07) is 12.6. The van der Waals surface area contributed by atoms with Crippen molar-refractivity contribution in [3.8, 4) is 0 Å². The zero-order valence-corrected chi connectivity index (χ0v) is 17.8. The molecule has 1 saturated carbocycles. The van der Waals surface area contributed by atoms with E-state index in [0.29, 0.717) is 5.96 Å². The monoisotopic (exact) mass is 478 g/mol. The molecule has 2 aromatic rings. The molecule has 1 aromatic heterocycles. The highest BCUT2D eigenvalue weighted by Gasteiger charge is 2.38. The Kier molecular flexibility index (Phi) is 6.51. The van der Waals surface area contributed by atoms with Gasteiger partial charge in [-0.2, -0.15) is 0 Å². The third kappa shape index (κ3) is 4.34.